The first-order chi connectivity index (χ1) is 10.7. The summed E-state index contributed by atoms with van der Waals surface area (Å²) >= 11 is 0. The standard InChI is InChI=1S/C16H20N4O2/c1-2-3-11-6-10(7-15(21)19-11)16(22)20-12-4-5-13-14(8-12)18-9-17-13/h6-7,9,12H,2-5,8H2,1H3,(H,17,18)(H,19,21)(H,20,22). The first-order valence-electron chi connectivity index (χ1n) is 7.71. The normalized spacial score (nSPS) is 17.0. The number of pyridine rings is 1. The van der Waals surface area contributed by atoms with E-state index in [-0.39, 0.29) is 17.5 Å². The van der Waals surface area contributed by atoms with E-state index in [1.165, 1.54) is 6.07 Å². The lowest BCUT2D eigenvalue weighted by molar-refractivity contribution is 0.0933. The molecule has 6 heteroatoms. The minimum absolute atomic E-state index is 0.0781. The predicted molar refractivity (Wildman–Crippen MR) is 82.9 cm³/mol. The molecular formula is C16H20N4O2. The second-order valence-corrected chi connectivity index (χ2v) is 5.75. The van der Waals surface area contributed by atoms with Crippen molar-refractivity contribution in [3.63, 3.8) is 0 Å². The molecule has 6 nitrogen and oxygen atoms in total. The third kappa shape index (κ3) is 3.10. The maximum Gasteiger partial charge on any atom is 0.251 e. The number of fused-ring (bicyclic) bond motifs is 1. The lowest BCUT2D eigenvalue weighted by Crippen LogP contribution is -2.39. The van der Waals surface area contributed by atoms with Crippen molar-refractivity contribution < 1.29 is 4.79 Å². The van der Waals surface area contributed by atoms with Gasteiger partial charge in [0.1, 0.15) is 0 Å². The van der Waals surface area contributed by atoms with E-state index >= 15 is 0 Å². The van der Waals surface area contributed by atoms with Gasteiger partial charge in [0.15, 0.2) is 0 Å². The fourth-order valence-electron chi connectivity index (χ4n) is 2.93. The SMILES string of the molecule is CCCc1cc(C(=O)NC2CCc3nc[nH]c3C2)cc(=O)[nH]1. The number of aromatic amines is 2. The van der Waals surface area contributed by atoms with E-state index in [9.17, 15) is 9.59 Å². The molecule has 0 saturated heterocycles. The highest BCUT2D eigenvalue weighted by Crippen LogP contribution is 2.18. The Morgan fingerprint density at radius 3 is 3.14 bits per heavy atom. The number of hydrogen-bond donors (Lipinski definition) is 3. The molecule has 1 atom stereocenters. The molecule has 0 radical (unpaired) electrons. The van der Waals surface area contributed by atoms with E-state index in [0.29, 0.717) is 5.56 Å². The quantitative estimate of drug-likeness (QED) is 0.795. The van der Waals surface area contributed by atoms with E-state index in [1.54, 1.807) is 12.4 Å². The molecule has 0 bridgehead atoms. The van der Waals surface area contributed by atoms with Crippen LogP contribution in [0.15, 0.2) is 23.3 Å². The van der Waals surface area contributed by atoms with Gasteiger partial charge in [0.25, 0.3) is 5.91 Å². The van der Waals surface area contributed by atoms with Crippen LogP contribution in [-0.2, 0) is 19.3 Å². The second kappa shape index (κ2) is 6.17. The van der Waals surface area contributed by atoms with Crippen LogP contribution in [0, 0.1) is 0 Å². The Hall–Kier alpha value is -2.37. The summed E-state index contributed by atoms with van der Waals surface area (Å²) in [5.41, 5.74) is 3.19. The molecular weight excluding hydrogens is 280 g/mol. The summed E-state index contributed by atoms with van der Waals surface area (Å²) in [6.07, 6.45) is 5.87. The molecule has 3 N–H and O–H groups in total. The molecule has 1 amide bonds. The van der Waals surface area contributed by atoms with Crippen molar-refractivity contribution in [1.82, 2.24) is 20.3 Å². The molecule has 22 heavy (non-hydrogen) atoms. The lowest BCUT2D eigenvalue weighted by atomic mass is 9.96. The van der Waals surface area contributed by atoms with Crippen molar-refractivity contribution in [1.29, 1.82) is 0 Å². The minimum Gasteiger partial charge on any atom is -0.349 e. The molecule has 0 aliphatic heterocycles. The number of aromatic nitrogens is 3. The van der Waals surface area contributed by atoms with E-state index in [0.717, 1.165) is 49.2 Å². The first kappa shape index (κ1) is 14.6. The monoisotopic (exact) mass is 300 g/mol. The van der Waals surface area contributed by atoms with Crippen LogP contribution in [0.1, 0.15) is 47.2 Å². The number of amides is 1. The Kier molecular flexibility index (Phi) is 4.09. The van der Waals surface area contributed by atoms with Crippen molar-refractivity contribution in [2.45, 2.75) is 45.1 Å². The van der Waals surface area contributed by atoms with Gasteiger partial charge in [-0.05, 0) is 25.3 Å². The number of carbonyl (C=O) groups is 1. The molecule has 2 heterocycles. The number of hydrogen-bond acceptors (Lipinski definition) is 3. The summed E-state index contributed by atoms with van der Waals surface area (Å²) in [5, 5.41) is 3.02. The Balaban J connectivity index is 1.71. The number of carbonyl (C=O) groups excluding carboxylic acids is 1. The maximum absolute atomic E-state index is 12.4. The summed E-state index contributed by atoms with van der Waals surface area (Å²) < 4.78 is 0. The van der Waals surface area contributed by atoms with Gasteiger partial charge in [-0.25, -0.2) is 4.98 Å². The third-order valence-corrected chi connectivity index (χ3v) is 4.00. The van der Waals surface area contributed by atoms with Gasteiger partial charge >= 0.3 is 0 Å². The van der Waals surface area contributed by atoms with Crippen molar-refractivity contribution in [2.75, 3.05) is 0 Å². The Morgan fingerprint density at radius 1 is 1.45 bits per heavy atom. The summed E-state index contributed by atoms with van der Waals surface area (Å²) in [7, 11) is 0. The van der Waals surface area contributed by atoms with Gasteiger partial charge in [0.2, 0.25) is 5.56 Å². The van der Waals surface area contributed by atoms with Gasteiger partial charge in [0.05, 0.1) is 12.0 Å². The Labute approximate surface area is 128 Å². The van der Waals surface area contributed by atoms with Crippen molar-refractivity contribution in [3.8, 4) is 0 Å². The summed E-state index contributed by atoms with van der Waals surface area (Å²) in [6, 6.07) is 3.21. The number of nitrogens with zero attached hydrogens (tertiary/aromatic N) is 1. The zero-order valence-electron chi connectivity index (χ0n) is 12.6. The van der Waals surface area contributed by atoms with Crippen LogP contribution in [-0.4, -0.2) is 26.9 Å². The fraction of sp³-hybridized carbons (Fsp3) is 0.438. The average Bonchev–Trinajstić information content (AvgIpc) is 2.94. The molecule has 0 saturated carbocycles. The van der Waals surface area contributed by atoms with Crippen LogP contribution in [0.5, 0.6) is 0 Å². The van der Waals surface area contributed by atoms with Crippen LogP contribution < -0.4 is 10.9 Å². The van der Waals surface area contributed by atoms with E-state index in [1.807, 2.05) is 6.92 Å². The van der Waals surface area contributed by atoms with Crippen LogP contribution in [0.3, 0.4) is 0 Å². The van der Waals surface area contributed by atoms with Crippen molar-refractivity contribution in [3.05, 3.63) is 51.5 Å². The van der Waals surface area contributed by atoms with Crippen LogP contribution in [0.25, 0.3) is 0 Å². The molecule has 0 fully saturated rings. The fourth-order valence-corrected chi connectivity index (χ4v) is 2.93. The van der Waals surface area contributed by atoms with Gasteiger partial charge < -0.3 is 15.3 Å². The number of aryl methyl sites for hydroxylation is 2. The second-order valence-electron chi connectivity index (χ2n) is 5.75. The predicted octanol–water partition coefficient (Wildman–Crippen LogP) is 1.34. The smallest absolute Gasteiger partial charge is 0.251 e. The zero-order chi connectivity index (χ0) is 15.5. The third-order valence-electron chi connectivity index (χ3n) is 4.00. The number of imidazole rings is 1. The highest BCUT2D eigenvalue weighted by Gasteiger charge is 2.22. The average molecular weight is 300 g/mol. The van der Waals surface area contributed by atoms with E-state index in [2.05, 4.69) is 20.3 Å². The summed E-state index contributed by atoms with van der Waals surface area (Å²) in [5.74, 6) is -0.184. The van der Waals surface area contributed by atoms with Gasteiger partial charge in [-0.3, -0.25) is 9.59 Å². The molecule has 2 aromatic rings. The molecule has 0 spiro atoms. The molecule has 1 unspecified atom stereocenters. The first-order valence-corrected chi connectivity index (χ1v) is 7.71. The van der Waals surface area contributed by atoms with E-state index < -0.39 is 0 Å². The molecule has 1 aliphatic carbocycles. The van der Waals surface area contributed by atoms with Gasteiger partial charge in [-0.15, -0.1) is 0 Å². The Morgan fingerprint density at radius 2 is 2.32 bits per heavy atom. The topological polar surface area (TPSA) is 90.6 Å². The summed E-state index contributed by atoms with van der Waals surface area (Å²) in [4.78, 5) is 34.2. The number of rotatable bonds is 4. The van der Waals surface area contributed by atoms with Gasteiger partial charge in [0, 0.05) is 35.5 Å². The van der Waals surface area contributed by atoms with E-state index in [4.69, 9.17) is 0 Å². The molecule has 116 valence electrons. The maximum atomic E-state index is 12.4. The number of H-pyrrole nitrogens is 2. The minimum atomic E-state index is -0.226. The van der Waals surface area contributed by atoms with Crippen molar-refractivity contribution >= 4 is 5.91 Å². The van der Waals surface area contributed by atoms with Gasteiger partial charge in [-0.2, -0.15) is 0 Å². The largest absolute Gasteiger partial charge is 0.349 e. The summed E-state index contributed by atoms with van der Waals surface area (Å²) in [6.45, 7) is 2.04. The molecule has 2 aromatic heterocycles. The lowest BCUT2D eigenvalue weighted by Gasteiger charge is -2.22. The van der Waals surface area contributed by atoms with Crippen LogP contribution >= 0.6 is 0 Å². The zero-order valence-corrected chi connectivity index (χ0v) is 12.6. The molecule has 1 aliphatic rings. The Bertz CT molecular complexity index is 732. The van der Waals surface area contributed by atoms with Crippen LogP contribution in [0.2, 0.25) is 0 Å². The van der Waals surface area contributed by atoms with Crippen molar-refractivity contribution in [2.24, 2.45) is 0 Å². The van der Waals surface area contributed by atoms with Gasteiger partial charge in [-0.1, -0.05) is 13.3 Å². The molecule has 3 rings (SSSR count). The molecule has 0 aromatic carbocycles. The number of nitrogens with one attached hydrogen (secondary N) is 3. The van der Waals surface area contributed by atoms with Crippen LogP contribution in [0.4, 0.5) is 0 Å². The highest BCUT2D eigenvalue weighted by molar-refractivity contribution is 5.94. The highest BCUT2D eigenvalue weighted by atomic mass is 16.2.